The average Bonchev–Trinajstić information content (AvgIpc) is 3.64. The second kappa shape index (κ2) is 12.0. The highest BCUT2D eigenvalue weighted by molar-refractivity contribution is 7.22. The third-order valence-electron chi connectivity index (χ3n) is 6.63. The van der Waals surface area contributed by atoms with Crippen molar-refractivity contribution in [3.63, 3.8) is 0 Å². The summed E-state index contributed by atoms with van der Waals surface area (Å²) in [5.41, 5.74) is 2.08. The maximum absolute atomic E-state index is 13.3. The van der Waals surface area contributed by atoms with Gasteiger partial charge in [-0.2, -0.15) is 0 Å². The predicted molar refractivity (Wildman–Crippen MR) is 166 cm³/mol. The lowest BCUT2D eigenvalue weighted by Gasteiger charge is -2.29. The minimum atomic E-state index is -1.10. The van der Waals surface area contributed by atoms with Gasteiger partial charge in [-0.1, -0.05) is 53.0 Å². The van der Waals surface area contributed by atoms with Gasteiger partial charge in [-0.25, -0.2) is 19.6 Å². The third-order valence-corrected chi connectivity index (χ3v) is 8.80. The summed E-state index contributed by atoms with van der Waals surface area (Å²) in [4.78, 5) is 37.9. The second-order valence-corrected chi connectivity index (χ2v) is 11.5. The largest absolute Gasteiger partial charge is 0.494 e. The number of nitrogens with one attached hydrogen (secondary N) is 1. The normalized spacial score (nSPS) is 12.5. The topological polar surface area (TPSA) is 117 Å². The number of benzene rings is 3. The highest BCUT2D eigenvalue weighted by Gasteiger charge is 2.27. The van der Waals surface area contributed by atoms with E-state index in [9.17, 15) is 14.7 Å². The molecule has 0 fully saturated rings. The van der Waals surface area contributed by atoms with Gasteiger partial charge in [0.05, 0.1) is 29.1 Å². The molecule has 6 rings (SSSR count). The number of hydrogen-bond acceptors (Lipinski definition) is 9. The van der Waals surface area contributed by atoms with Gasteiger partial charge in [-0.15, -0.1) is 0 Å². The van der Waals surface area contributed by atoms with Crippen molar-refractivity contribution in [1.82, 2.24) is 9.97 Å². The number of amides is 2. The van der Waals surface area contributed by atoms with Crippen molar-refractivity contribution in [2.24, 2.45) is 0 Å². The standard InChI is InChI=1S/C30H27N5O5S2/c1-34(14-7-16-39-20-8-3-2-4-9-20)27-25(28(36)37)32-26(42-27)19-12-13-23-22(18-19)35(15-17-40-23)30(38)33-29-31-21-10-5-6-11-24(21)41-29/h2-6,8-13,18H,7,14-17H2,1H3,(H,36,37)(H,31,33,38). The fourth-order valence-electron chi connectivity index (χ4n) is 4.59. The lowest BCUT2D eigenvalue weighted by atomic mass is 10.1. The number of rotatable bonds is 9. The molecule has 0 atom stereocenters. The number of carboxylic acids is 1. The van der Waals surface area contributed by atoms with E-state index in [0.717, 1.165) is 16.0 Å². The number of carbonyl (C=O) groups excluding carboxylic acids is 1. The Morgan fingerprint density at radius 2 is 1.88 bits per heavy atom. The number of thiazole rings is 2. The third kappa shape index (κ3) is 5.85. The first-order valence-electron chi connectivity index (χ1n) is 13.3. The van der Waals surface area contributed by atoms with Crippen molar-refractivity contribution >= 4 is 60.7 Å². The maximum Gasteiger partial charge on any atom is 0.357 e. The van der Waals surface area contributed by atoms with Crippen LogP contribution in [0, 0.1) is 0 Å². The molecule has 0 saturated heterocycles. The van der Waals surface area contributed by atoms with Crippen LogP contribution in [0.15, 0.2) is 72.8 Å². The van der Waals surface area contributed by atoms with Gasteiger partial charge in [0.25, 0.3) is 0 Å². The monoisotopic (exact) mass is 601 g/mol. The van der Waals surface area contributed by atoms with Crippen LogP contribution in [0.1, 0.15) is 16.9 Å². The molecule has 2 N–H and O–H groups in total. The fourth-order valence-corrected chi connectivity index (χ4v) is 6.49. The van der Waals surface area contributed by atoms with Crippen molar-refractivity contribution in [3.8, 4) is 22.1 Å². The van der Waals surface area contributed by atoms with Crippen LogP contribution < -0.4 is 24.6 Å². The highest BCUT2D eigenvalue weighted by Crippen LogP contribution is 2.40. The van der Waals surface area contributed by atoms with E-state index < -0.39 is 5.97 Å². The van der Waals surface area contributed by atoms with Crippen molar-refractivity contribution in [3.05, 3.63) is 78.5 Å². The van der Waals surface area contributed by atoms with E-state index in [0.29, 0.717) is 64.9 Å². The Morgan fingerprint density at radius 1 is 1.07 bits per heavy atom. The van der Waals surface area contributed by atoms with Crippen LogP contribution in [-0.2, 0) is 0 Å². The molecule has 42 heavy (non-hydrogen) atoms. The minimum absolute atomic E-state index is 0.0131. The van der Waals surface area contributed by atoms with Crippen molar-refractivity contribution in [2.75, 3.05) is 48.5 Å². The molecule has 12 heteroatoms. The first-order valence-corrected chi connectivity index (χ1v) is 14.9. The summed E-state index contributed by atoms with van der Waals surface area (Å²) < 4.78 is 12.6. The van der Waals surface area contributed by atoms with Crippen LogP contribution in [-0.4, -0.2) is 60.4 Å². The van der Waals surface area contributed by atoms with Gasteiger partial charge in [-0.3, -0.25) is 10.2 Å². The summed E-state index contributed by atoms with van der Waals surface area (Å²) >= 11 is 2.70. The van der Waals surface area contributed by atoms with E-state index in [1.807, 2.05) is 78.7 Å². The van der Waals surface area contributed by atoms with Crippen LogP contribution in [0.5, 0.6) is 11.5 Å². The quantitative estimate of drug-likeness (QED) is 0.185. The lowest BCUT2D eigenvalue weighted by Crippen LogP contribution is -2.40. The molecule has 5 aromatic rings. The number of fused-ring (bicyclic) bond motifs is 2. The van der Waals surface area contributed by atoms with Crippen molar-refractivity contribution in [1.29, 1.82) is 0 Å². The zero-order valence-corrected chi connectivity index (χ0v) is 24.3. The first-order chi connectivity index (χ1) is 20.5. The number of carbonyl (C=O) groups is 2. The van der Waals surface area contributed by atoms with Crippen LogP contribution in [0.2, 0.25) is 0 Å². The minimum Gasteiger partial charge on any atom is -0.494 e. The molecule has 1 aliphatic rings. The number of hydrogen-bond donors (Lipinski definition) is 2. The zero-order chi connectivity index (χ0) is 29.1. The Labute approximate surface area is 249 Å². The van der Waals surface area contributed by atoms with E-state index in [1.165, 1.54) is 22.7 Å². The summed E-state index contributed by atoms with van der Waals surface area (Å²) in [6.45, 7) is 1.79. The predicted octanol–water partition coefficient (Wildman–Crippen LogP) is 6.45. The molecule has 0 bridgehead atoms. The lowest BCUT2D eigenvalue weighted by molar-refractivity contribution is 0.0692. The van der Waals surface area contributed by atoms with Gasteiger partial charge < -0.3 is 19.5 Å². The van der Waals surface area contributed by atoms with Crippen LogP contribution >= 0.6 is 22.7 Å². The first kappa shape index (κ1) is 27.5. The number of nitrogens with zero attached hydrogens (tertiary/aromatic N) is 4. The number of aromatic nitrogens is 2. The van der Waals surface area contributed by atoms with E-state index >= 15 is 0 Å². The maximum atomic E-state index is 13.3. The van der Waals surface area contributed by atoms with Crippen LogP contribution in [0.4, 0.5) is 20.6 Å². The molecule has 2 amide bonds. The van der Waals surface area contributed by atoms with Crippen LogP contribution in [0.3, 0.4) is 0 Å². The molecule has 2 aromatic heterocycles. The second-order valence-electron chi connectivity index (χ2n) is 9.51. The highest BCUT2D eigenvalue weighted by atomic mass is 32.1. The molecule has 214 valence electrons. The number of para-hydroxylation sites is 2. The molecule has 0 radical (unpaired) electrons. The van der Waals surface area contributed by atoms with Crippen LogP contribution in [0.25, 0.3) is 20.8 Å². The summed E-state index contributed by atoms with van der Waals surface area (Å²) in [7, 11) is 1.85. The molecular formula is C30H27N5O5S2. The Morgan fingerprint density at radius 3 is 2.69 bits per heavy atom. The molecule has 0 spiro atoms. The Hall–Kier alpha value is -4.68. The molecule has 3 heterocycles. The molecule has 0 saturated carbocycles. The average molecular weight is 602 g/mol. The fraction of sp³-hybridized carbons (Fsp3) is 0.200. The number of anilines is 3. The van der Waals surface area contributed by atoms with Gasteiger partial charge in [0.1, 0.15) is 28.1 Å². The van der Waals surface area contributed by atoms with E-state index in [-0.39, 0.29) is 11.7 Å². The van der Waals surface area contributed by atoms with Crippen molar-refractivity contribution in [2.45, 2.75) is 6.42 Å². The molecule has 10 nitrogen and oxygen atoms in total. The Bertz CT molecular complexity index is 1710. The summed E-state index contributed by atoms with van der Waals surface area (Å²) in [6.07, 6.45) is 0.701. The van der Waals surface area contributed by atoms with Gasteiger partial charge in [0.2, 0.25) is 0 Å². The summed E-state index contributed by atoms with van der Waals surface area (Å²) in [5.74, 6) is 0.263. The van der Waals surface area contributed by atoms with E-state index in [4.69, 9.17) is 9.47 Å². The van der Waals surface area contributed by atoms with E-state index in [1.54, 1.807) is 11.0 Å². The molecule has 1 aliphatic heterocycles. The van der Waals surface area contributed by atoms with E-state index in [2.05, 4.69) is 15.3 Å². The molecule has 0 aliphatic carbocycles. The van der Waals surface area contributed by atoms with Gasteiger partial charge in [0.15, 0.2) is 10.8 Å². The number of urea groups is 1. The smallest absolute Gasteiger partial charge is 0.357 e. The molecule has 0 unspecified atom stereocenters. The summed E-state index contributed by atoms with van der Waals surface area (Å²) in [6, 6.07) is 22.4. The number of aromatic carboxylic acids is 1. The number of carboxylic acid groups (broad SMARTS) is 1. The number of ether oxygens (including phenoxy) is 2. The summed E-state index contributed by atoms with van der Waals surface area (Å²) in [5, 5.41) is 14.4. The SMILES string of the molecule is CN(CCCOc1ccccc1)c1sc(-c2ccc3c(c2)N(C(=O)Nc2nc4ccccc4s2)CCO3)nc1C(=O)O. The van der Waals surface area contributed by atoms with Gasteiger partial charge in [0, 0.05) is 19.2 Å². The zero-order valence-electron chi connectivity index (χ0n) is 22.6. The molecular weight excluding hydrogens is 574 g/mol. The Balaban J connectivity index is 1.19. The van der Waals surface area contributed by atoms with Gasteiger partial charge >= 0.3 is 12.0 Å². The van der Waals surface area contributed by atoms with Crippen molar-refractivity contribution < 1.29 is 24.2 Å². The van der Waals surface area contributed by atoms with Gasteiger partial charge in [-0.05, 0) is 48.9 Å². The Kier molecular flexibility index (Phi) is 7.89. The molecule has 3 aromatic carbocycles.